The van der Waals surface area contributed by atoms with Crippen LogP contribution < -0.4 is 5.32 Å². The van der Waals surface area contributed by atoms with Crippen molar-refractivity contribution in [2.45, 2.75) is 13.1 Å². The number of imidazole rings is 1. The van der Waals surface area contributed by atoms with Gasteiger partial charge in [0.25, 0.3) is 5.69 Å². The van der Waals surface area contributed by atoms with Gasteiger partial charge in [0.2, 0.25) is 0 Å². The normalized spacial score (nSPS) is 10.9. The van der Waals surface area contributed by atoms with E-state index in [0.717, 1.165) is 29.9 Å². The quantitative estimate of drug-likeness (QED) is 0.407. The van der Waals surface area contributed by atoms with E-state index in [-0.39, 0.29) is 5.69 Å². The standard InChI is InChI=1S/C16H18N6O2/c1-20-11-14(10-17-6-8-21-9-7-18-12-21)16(19-20)13-2-4-15(5-3-13)22(23)24/h2-5,7,9,11-12,17H,6,8,10H2,1H3. The van der Waals surface area contributed by atoms with Gasteiger partial charge < -0.3 is 9.88 Å². The fourth-order valence-electron chi connectivity index (χ4n) is 2.50. The minimum atomic E-state index is -0.402. The summed E-state index contributed by atoms with van der Waals surface area (Å²) in [5.41, 5.74) is 2.84. The van der Waals surface area contributed by atoms with Gasteiger partial charge in [0.05, 0.1) is 16.9 Å². The molecule has 2 heterocycles. The Morgan fingerprint density at radius 3 is 2.75 bits per heavy atom. The molecule has 1 aromatic carbocycles. The van der Waals surface area contributed by atoms with Crippen molar-refractivity contribution >= 4 is 5.69 Å². The van der Waals surface area contributed by atoms with Crippen LogP contribution in [0.2, 0.25) is 0 Å². The number of nitrogens with one attached hydrogen (secondary N) is 1. The molecule has 124 valence electrons. The van der Waals surface area contributed by atoms with Gasteiger partial charge in [0, 0.05) is 68.5 Å². The molecule has 24 heavy (non-hydrogen) atoms. The lowest BCUT2D eigenvalue weighted by Crippen LogP contribution is -2.19. The molecule has 8 nitrogen and oxygen atoms in total. The van der Waals surface area contributed by atoms with E-state index < -0.39 is 4.92 Å². The van der Waals surface area contributed by atoms with Gasteiger partial charge in [-0.15, -0.1) is 0 Å². The van der Waals surface area contributed by atoms with E-state index in [4.69, 9.17) is 0 Å². The number of nitro benzene ring substituents is 1. The molecule has 0 aliphatic carbocycles. The third-order valence-electron chi connectivity index (χ3n) is 3.68. The van der Waals surface area contributed by atoms with Crippen molar-refractivity contribution in [3.8, 4) is 11.3 Å². The Hall–Kier alpha value is -3.00. The van der Waals surface area contributed by atoms with Gasteiger partial charge in [-0.1, -0.05) is 0 Å². The summed E-state index contributed by atoms with van der Waals surface area (Å²) < 4.78 is 3.76. The number of hydrogen-bond donors (Lipinski definition) is 1. The minimum Gasteiger partial charge on any atom is -0.336 e. The van der Waals surface area contributed by atoms with Gasteiger partial charge in [0.15, 0.2) is 0 Å². The molecule has 0 amide bonds. The maximum absolute atomic E-state index is 10.8. The number of rotatable bonds is 7. The molecule has 0 saturated carbocycles. The number of non-ortho nitro benzene ring substituents is 1. The smallest absolute Gasteiger partial charge is 0.269 e. The first-order valence-corrected chi connectivity index (χ1v) is 7.57. The predicted molar refractivity (Wildman–Crippen MR) is 89.2 cm³/mol. The van der Waals surface area contributed by atoms with E-state index in [1.165, 1.54) is 12.1 Å². The molecule has 0 saturated heterocycles. The van der Waals surface area contributed by atoms with E-state index in [1.54, 1.807) is 29.3 Å². The summed E-state index contributed by atoms with van der Waals surface area (Å²) in [6.07, 6.45) is 7.43. The maximum atomic E-state index is 10.8. The summed E-state index contributed by atoms with van der Waals surface area (Å²) in [4.78, 5) is 14.4. The SMILES string of the molecule is Cn1cc(CNCCn2ccnc2)c(-c2ccc([N+](=O)[O-])cc2)n1. The van der Waals surface area contributed by atoms with Gasteiger partial charge in [-0.05, 0) is 12.1 Å². The highest BCUT2D eigenvalue weighted by Crippen LogP contribution is 2.24. The van der Waals surface area contributed by atoms with Gasteiger partial charge >= 0.3 is 0 Å². The Morgan fingerprint density at radius 1 is 1.29 bits per heavy atom. The lowest BCUT2D eigenvalue weighted by molar-refractivity contribution is -0.384. The largest absolute Gasteiger partial charge is 0.336 e. The highest BCUT2D eigenvalue weighted by Gasteiger charge is 2.12. The van der Waals surface area contributed by atoms with Crippen molar-refractivity contribution in [1.82, 2.24) is 24.6 Å². The van der Waals surface area contributed by atoms with Gasteiger partial charge in [-0.2, -0.15) is 5.10 Å². The Balaban J connectivity index is 1.67. The first kappa shape index (κ1) is 15.9. The average Bonchev–Trinajstić information content (AvgIpc) is 3.21. The third kappa shape index (κ3) is 3.66. The fraction of sp³-hybridized carbons (Fsp3) is 0.250. The van der Waals surface area contributed by atoms with E-state index in [9.17, 15) is 10.1 Å². The van der Waals surface area contributed by atoms with E-state index in [1.807, 2.05) is 24.0 Å². The summed E-state index contributed by atoms with van der Waals surface area (Å²) in [6, 6.07) is 6.46. The second-order valence-corrected chi connectivity index (χ2v) is 5.46. The zero-order valence-corrected chi connectivity index (χ0v) is 13.3. The van der Waals surface area contributed by atoms with E-state index in [2.05, 4.69) is 15.4 Å². The number of nitrogens with zero attached hydrogens (tertiary/aromatic N) is 5. The molecule has 8 heteroatoms. The molecule has 0 unspecified atom stereocenters. The maximum Gasteiger partial charge on any atom is 0.269 e. The summed E-state index contributed by atoms with van der Waals surface area (Å²) >= 11 is 0. The third-order valence-corrected chi connectivity index (χ3v) is 3.68. The number of aryl methyl sites for hydroxylation is 1. The van der Waals surface area contributed by atoms with Crippen LogP contribution in [-0.4, -0.2) is 30.8 Å². The van der Waals surface area contributed by atoms with Crippen LogP contribution in [0.1, 0.15) is 5.56 Å². The summed E-state index contributed by atoms with van der Waals surface area (Å²) in [6.45, 7) is 2.33. The monoisotopic (exact) mass is 326 g/mol. The molecule has 0 radical (unpaired) electrons. The molecule has 3 aromatic rings. The Bertz CT molecular complexity index is 808. The molecule has 0 spiro atoms. The van der Waals surface area contributed by atoms with Crippen LogP contribution in [0.4, 0.5) is 5.69 Å². The molecule has 0 fully saturated rings. The van der Waals surface area contributed by atoms with Gasteiger partial charge in [-0.25, -0.2) is 4.98 Å². The second kappa shape index (κ2) is 7.05. The highest BCUT2D eigenvalue weighted by molar-refractivity contribution is 5.64. The fourth-order valence-corrected chi connectivity index (χ4v) is 2.50. The minimum absolute atomic E-state index is 0.0784. The second-order valence-electron chi connectivity index (χ2n) is 5.46. The molecule has 2 aromatic heterocycles. The van der Waals surface area contributed by atoms with E-state index in [0.29, 0.717) is 6.54 Å². The van der Waals surface area contributed by atoms with Crippen molar-refractivity contribution in [1.29, 1.82) is 0 Å². The summed E-state index contributed by atoms with van der Waals surface area (Å²) in [5, 5.41) is 18.6. The highest BCUT2D eigenvalue weighted by atomic mass is 16.6. The lowest BCUT2D eigenvalue weighted by Gasteiger charge is -2.06. The zero-order chi connectivity index (χ0) is 16.9. The van der Waals surface area contributed by atoms with Crippen LogP contribution in [0.3, 0.4) is 0 Å². The number of benzene rings is 1. The van der Waals surface area contributed by atoms with Crippen LogP contribution in [0.25, 0.3) is 11.3 Å². The van der Waals surface area contributed by atoms with Crippen LogP contribution in [0.5, 0.6) is 0 Å². The van der Waals surface area contributed by atoms with Crippen LogP contribution >= 0.6 is 0 Å². The molecule has 3 rings (SSSR count). The Kier molecular flexibility index (Phi) is 4.66. The number of nitro groups is 1. The van der Waals surface area contributed by atoms with Crippen molar-refractivity contribution in [3.63, 3.8) is 0 Å². The zero-order valence-electron chi connectivity index (χ0n) is 13.3. The number of aromatic nitrogens is 4. The van der Waals surface area contributed by atoms with Crippen molar-refractivity contribution in [2.75, 3.05) is 6.54 Å². The van der Waals surface area contributed by atoms with Gasteiger partial charge in [-0.3, -0.25) is 14.8 Å². The van der Waals surface area contributed by atoms with Crippen LogP contribution in [0.15, 0.2) is 49.2 Å². The van der Waals surface area contributed by atoms with Crippen molar-refractivity contribution in [3.05, 3.63) is 64.9 Å². The average molecular weight is 326 g/mol. The Labute approximate surface area is 138 Å². The summed E-state index contributed by atoms with van der Waals surface area (Å²) in [5.74, 6) is 0. The van der Waals surface area contributed by atoms with Crippen LogP contribution in [-0.2, 0) is 20.1 Å². The topological polar surface area (TPSA) is 90.8 Å². The van der Waals surface area contributed by atoms with Crippen LogP contribution in [0, 0.1) is 10.1 Å². The Morgan fingerprint density at radius 2 is 2.08 bits per heavy atom. The molecular weight excluding hydrogens is 308 g/mol. The molecule has 1 N–H and O–H groups in total. The number of hydrogen-bond acceptors (Lipinski definition) is 5. The van der Waals surface area contributed by atoms with Crippen molar-refractivity contribution < 1.29 is 4.92 Å². The molecular formula is C16H18N6O2. The first-order chi connectivity index (χ1) is 11.6. The van der Waals surface area contributed by atoms with E-state index >= 15 is 0 Å². The molecule has 0 aliphatic rings. The molecule has 0 atom stereocenters. The van der Waals surface area contributed by atoms with Crippen molar-refractivity contribution in [2.24, 2.45) is 7.05 Å². The lowest BCUT2D eigenvalue weighted by atomic mass is 10.1. The van der Waals surface area contributed by atoms with Gasteiger partial charge in [0.1, 0.15) is 0 Å². The molecule has 0 bridgehead atoms. The predicted octanol–water partition coefficient (Wildman–Crippen LogP) is 1.98. The summed E-state index contributed by atoms with van der Waals surface area (Å²) in [7, 11) is 1.86. The molecule has 0 aliphatic heterocycles. The first-order valence-electron chi connectivity index (χ1n) is 7.57.